The summed E-state index contributed by atoms with van der Waals surface area (Å²) in [6.45, 7) is 4.20. The third-order valence-electron chi connectivity index (χ3n) is 4.03. The normalized spacial score (nSPS) is 11.4. The van der Waals surface area contributed by atoms with Crippen LogP contribution in [0, 0.1) is 0 Å². The van der Waals surface area contributed by atoms with Gasteiger partial charge in [-0.2, -0.15) is 4.31 Å². The molecule has 0 heterocycles. The number of methoxy groups -OCH3 is 1. The maximum atomic E-state index is 12.6. The van der Waals surface area contributed by atoms with E-state index in [0.717, 1.165) is 5.56 Å². The first kappa shape index (κ1) is 21.2. The second-order valence-electron chi connectivity index (χ2n) is 5.66. The van der Waals surface area contributed by atoms with Crippen LogP contribution in [0.1, 0.15) is 29.8 Å². The minimum absolute atomic E-state index is 0.00648. The van der Waals surface area contributed by atoms with Crippen molar-refractivity contribution < 1.29 is 22.7 Å². The number of halogens is 1. The molecule has 0 aliphatic carbocycles. The Bertz CT molecular complexity index is 893. The topological polar surface area (TPSA) is 72.9 Å². The first-order chi connectivity index (χ1) is 12.8. The van der Waals surface area contributed by atoms with Gasteiger partial charge >= 0.3 is 5.97 Å². The van der Waals surface area contributed by atoms with E-state index in [1.165, 1.54) is 22.5 Å². The largest absolute Gasteiger partial charge is 0.497 e. The summed E-state index contributed by atoms with van der Waals surface area (Å²) in [7, 11) is -2.13. The fourth-order valence-corrected chi connectivity index (χ4v) is 4.16. The van der Waals surface area contributed by atoms with Gasteiger partial charge < -0.3 is 9.47 Å². The van der Waals surface area contributed by atoms with Crippen molar-refractivity contribution in [3.63, 3.8) is 0 Å². The van der Waals surface area contributed by atoms with E-state index in [0.29, 0.717) is 18.8 Å². The molecule has 0 fully saturated rings. The molecule has 0 saturated carbocycles. The van der Waals surface area contributed by atoms with Crippen molar-refractivity contribution in [2.24, 2.45) is 0 Å². The zero-order valence-electron chi connectivity index (χ0n) is 15.4. The molecule has 0 spiro atoms. The molecule has 0 radical (unpaired) electrons. The highest BCUT2D eigenvalue weighted by Crippen LogP contribution is 2.24. The van der Waals surface area contributed by atoms with Crippen LogP contribution in [0.2, 0.25) is 5.02 Å². The van der Waals surface area contributed by atoms with Gasteiger partial charge in [-0.1, -0.05) is 37.6 Å². The third kappa shape index (κ3) is 5.00. The molecule has 0 saturated heterocycles. The Morgan fingerprint density at radius 1 is 1.07 bits per heavy atom. The van der Waals surface area contributed by atoms with Crippen molar-refractivity contribution in [1.82, 2.24) is 4.31 Å². The molecule has 0 aliphatic rings. The predicted molar refractivity (Wildman–Crippen MR) is 104 cm³/mol. The molecule has 8 heteroatoms. The Kier molecular flexibility index (Phi) is 7.24. The monoisotopic (exact) mass is 411 g/mol. The summed E-state index contributed by atoms with van der Waals surface area (Å²) in [5.74, 6) is 0.00912. The van der Waals surface area contributed by atoms with Gasteiger partial charge in [0.2, 0.25) is 10.0 Å². The van der Waals surface area contributed by atoms with E-state index in [1.807, 2.05) is 0 Å². The first-order valence-corrected chi connectivity index (χ1v) is 10.2. The van der Waals surface area contributed by atoms with Crippen LogP contribution in [0.4, 0.5) is 0 Å². The highest BCUT2D eigenvalue weighted by Gasteiger charge is 2.24. The Hall–Kier alpha value is -2.09. The summed E-state index contributed by atoms with van der Waals surface area (Å²) >= 11 is 6.08. The molecular weight excluding hydrogens is 390 g/mol. The van der Waals surface area contributed by atoms with Gasteiger partial charge in [0.1, 0.15) is 12.4 Å². The predicted octanol–water partition coefficient (Wildman–Crippen LogP) is 3.74. The Morgan fingerprint density at radius 2 is 1.70 bits per heavy atom. The maximum absolute atomic E-state index is 12.6. The van der Waals surface area contributed by atoms with E-state index >= 15 is 0 Å². The average molecular weight is 412 g/mol. The lowest BCUT2D eigenvalue weighted by Gasteiger charge is -2.19. The molecule has 27 heavy (non-hydrogen) atoms. The number of carbonyl (C=O) groups is 1. The molecule has 2 aromatic rings. The van der Waals surface area contributed by atoms with Crippen LogP contribution in [0.5, 0.6) is 5.75 Å². The van der Waals surface area contributed by atoms with Crippen molar-refractivity contribution in [2.75, 3.05) is 20.2 Å². The minimum Gasteiger partial charge on any atom is -0.497 e. The summed E-state index contributed by atoms with van der Waals surface area (Å²) in [5, 5.41) is 0.133. The highest BCUT2D eigenvalue weighted by molar-refractivity contribution is 7.89. The number of hydrogen-bond donors (Lipinski definition) is 0. The summed E-state index contributed by atoms with van der Waals surface area (Å²) < 4.78 is 36.9. The molecule has 0 aromatic heterocycles. The number of carbonyl (C=O) groups excluding carboxylic acids is 1. The van der Waals surface area contributed by atoms with Crippen LogP contribution in [0.25, 0.3) is 0 Å². The molecule has 0 amide bonds. The van der Waals surface area contributed by atoms with Crippen molar-refractivity contribution in [2.45, 2.75) is 25.3 Å². The zero-order valence-corrected chi connectivity index (χ0v) is 17.0. The molecule has 2 rings (SSSR count). The van der Waals surface area contributed by atoms with Gasteiger partial charge in [-0.15, -0.1) is 0 Å². The third-order valence-corrected chi connectivity index (χ3v) is 6.41. The number of rotatable bonds is 8. The molecular formula is C19H22ClNO5S. The average Bonchev–Trinajstić information content (AvgIpc) is 2.67. The van der Waals surface area contributed by atoms with Crippen LogP contribution < -0.4 is 4.74 Å². The van der Waals surface area contributed by atoms with E-state index in [4.69, 9.17) is 21.1 Å². The van der Waals surface area contributed by atoms with Crippen LogP contribution >= 0.6 is 11.6 Å². The van der Waals surface area contributed by atoms with Crippen molar-refractivity contribution >= 4 is 27.6 Å². The number of hydrogen-bond acceptors (Lipinski definition) is 5. The second kappa shape index (κ2) is 9.21. The lowest BCUT2D eigenvalue weighted by atomic mass is 10.2. The summed E-state index contributed by atoms with van der Waals surface area (Å²) in [5.41, 5.74) is 0.783. The Balaban J connectivity index is 2.20. The Labute approximate surface area is 164 Å². The van der Waals surface area contributed by atoms with E-state index in [9.17, 15) is 13.2 Å². The highest BCUT2D eigenvalue weighted by atomic mass is 35.5. The van der Waals surface area contributed by atoms with E-state index in [-0.39, 0.29) is 22.1 Å². The van der Waals surface area contributed by atoms with Gasteiger partial charge in [-0.05, 0) is 35.9 Å². The minimum atomic E-state index is -3.70. The SMILES string of the molecule is CCN(CC)S(=O)(=O)c1ccc(Cl)c(C(=O)OCc2ccc(OC)cc2)c1. The lowest BCUT2D eigenvalue weighted by molar-refractivity contribution is 0.0472. The lowest BCUT2D eigenvalue weighted by Crippen LogP contribution is -2.30. The van der Waals surface area contributed by atoms with Gasteiger partial charge in [0.05, 0.1) is 22.6 Å². The molecule has 146 valence electrons. The van der Waals surface area contributed by atoms with Gasteiger partial charge in [0.25, 0.3) is 0 Å². The van der Waals surface area contributed by atoms with Crippen molar-refractivity contribution in [3.05, 3.63) is 58.6 Å². The number of esters is 1. The smallest absolute Gasteiger partial charge is 0.340 e. The quantitative estimate of drug-likeness (QED) is 0.619. The van der Waals surface area contributed by atoms with Gasteiger partial charge in [0.15, 0.2) is 0 Å². The molecule has 0 atom stereocenters. The van der Waals surface area contributed by atoms with Crippen LogP contribution in [0.15, 0.2) is 47.4 Å². The molecule has 2 aromatic carbocycles. The molecule has 6 nitrogen and oxygen atoms in total. The summed E-state index contributed by atoms with van der Waals surface area (Å²) in [4.78, 5) is 12.4. The summed E-state index contributed by atoms with van der Waals surface area (Å²) in [6, 6.07) is 11.1. The van der Waals surface area contributed by atoms with Crippen LogP contribution in [0.3, 0.4) is 0 Å². The number of benzene rings is 2. The van der Waals surface area contributed by atoms with Gasteiger partial charge in [0, 0.05) is 13.1 Å². The maximum Gasteiger partial charge on any atom is 0.340 e. The standard InChI is InChI=1S/C19H22ClNO5S/c1-4-21(5-2)27(23,24)16-10-11-18(20)17(12-16)19(22)26-13-14-6-8-15(25-3)9-7-14/h6-12H,4-5,13H2,1-3H3. The first-order valence-electron chi connectivity index (χ1n) is 8.43. The molecule has 0 unspecified atom stereocenters. The van der Waals surface area contributed by atoms with Crippen LogP contribution in [-0.2, 0) is 21.4 Å². The number of ether oxygens (including phenoxy) is 2. The zero-order chi connectivity index (χ0) is 20.0. The van der Waals surface area contributed by atoms with E-state index < -0.39 is 16.0 Å². The number of sulfonamides is 1. The van der Waals surface area contributed by atoms with Gasteiger partial charge in [-0.25, -0.2) is 13.2 Å². The van der Waals surface area contributed by atoms with Crippen molar-refractivity contribution in [1.29, 1.82) is 0 Å². The number of nitrogens with zero attached hydrogens (tertiary/aromatic N) is 1. The summed E-state index contributed by atoms with van der Waals surface area (Å²) in [6.07, 6.45) is 0. The fourth-order valence-electron chi connectivity index (χ4n) is 2.48. The Morgan fingerprint density at radius 3 is 2.26 bits per heavy atom. The van der Waals surface area contributed by atoms with Crippen LogP contribution in [-0.4, -0.2) is 38.9 Å². The molecule has 0 aliphatic heterocycles. The molecule has 0 bridgehead atoms. The van der Waals surface area contributed by atoms with E-state index in [2.05, 4.69) is 0 Å². The molecule has 0 N–H and O–H groups in total. The second-order valence-corrected chi connectivity index (χ2v) is 8.00. The fraction of sp³-hybridized carbons (Fsp3) is 0.316. The van der Waals surface area contributed by atoms with Crippen molar-refractivity contribution in [3.8, 4) is 5.75 Å². The van der Waals surface area contributed by atoms with Gasteiger partial charge in [-0.3, -0.25) is 0 Å². The van der Waals surface area contributed by atoms with E-state index in [1.54, 1.807) is 45.2 Å².